The van der Waals surface area contributed by atoms with Gasteiger partial charge in [0.2, 0.25) is 5.91 Å². The second-order valence-electron chi connectivity index (χ2n) is 5.29. The van der Waals surface area contributed by atoms with E-state index in [1.807, 2.05) is 6.92 Å². The number of halogens is 1. The number of anilines is 2. The minimum Gasteiger partial charge on any atom is -0.333 e. The smallest absolute Gasteiger partial charge is 0.286 e. The van der Waals surface area contributed by atoms with Gasteiger partial charge in [-0.2, -0.15) is 8.42 Å². The number of carbonyl (C=O) groups excluding carboxylic acids is 1. The van der Waals surface area contributed by atoms with Crippen LogP contribution in [0.15, 0.2) is 51.8 Å². The number of aryl methyl sites for hydroxylation is 1. The SMILES string of the molecule is Cc1ccc(Cl)cc1NC(=O)CSC1=NS(=O)(=O)c2ccccc2N1. The number of nitrogens with zero attached hydrogens (tertiary/aromatic N) is 1. The molecular formula is C16H14ClN3O3S2. The van der Waals surface area contributed by atoms with Gasteiger partial charge in [-0.05, 0) is 36.8 Å². The molecule has 1 aliphatic rings. The molecule has 0 saturated carbocycles. The molecule has 0 bridgehead atoms. The molecule has 0 aromatic heterocycles. The normalized spacial score (nSPS) is 14.9. The molecule has 25 heavy (non-hydrogen) atoms. The van der Waals surface area contributed by atoms with Gasteiger partial charge in [0.1, 0.15) is 4.90 Å². The molecule has 0 atom stereocenters. The van der Waals surface area contributed by atoms with Gasteiger partial charge in [-0.3, -0.25) is 4.79 Å². The van der Waals surface area contributed by atoms with Crippen molar-refractivity contribution in [1.82, 2.24) is 0 Å². The highest BCUT2D eigenvalue weighted by Gasteiger charge is 2.24. The minimum atomic E-state index is -3.75. The van der Waals surface area contributed by atoms with Crippen molar-refractivity contribution in [1.29, 1.82) is 0 Å². The maximum absolute atomic E-state index is 12.1. The molecule has 1 amide bonds. The quantitative estimate of drug-likeness (QED) is 0.830. The van der Waals surface area contributed by atoms with Crippen molar-refractivity contribution in [2.75, 3.05) is 16.4 Å². The fourth-order valence-electron chi connectivity index (χ4n) is 2.20. The van der Waals surface area contributed by atoms with E-state index in [9.17, 15) is 13.2 Å². The fraction of sp³-hybridized carbons (Fsp3) is 0.125. The first-order chi connectivity index (χ1) is 11.8. The average Bonchev–Trinajstić information content (AvgIpc) is 2.56. The number of para-hydroxylation sites is 1. The van der Waals surface area contributed by atoms with Crippen LogP contribution in [0.4, 0.5) is 11.4 Å². The van der Waals surface area contributed by atoms with E-state index in [0.29, 0.717) is 16.4 Å². The molecule has 130 valence electrons. The Kier molecular flexibility index (Phi) is 5.03. The number of amidine groups is 1. The first kappa shape index (κ1) is 17.8. The van der Waals surface area contributed by atoms with Crippen molar-refractivity contribution < 1.29 is 13.2 Å². The summed E-state index contributed by atoms with van der Waals surface area (Å²) in [5, 5.41) is 6.37. The summed E-state index contributed by atoms with van der Waals surface area (Å²) in [5.74, 6) is -0.272. The van der Waals surface area contributed by atoms with Crippen LogP contribution in [0.5, 0.6) is 0 Å². The number of rotatable bonds is 3. The van der Waals surface area contributed by atoms with Gasteiger partial charge in [-0.25, -0.2) is 0 Å². The van der Waals surface area contributed by atoms with Crippen LogP contribution in [0.1, 0.15) is 5.56 Å². The maximum Gasteiger partial charge on any atom is 0.286 e. The van der Waals surface area contributed by atoms with Gasteiger partial charge in [0.05, 0.1) is 11.4 Å². The van der Waals surface area contributed by atoms with Gasteiger partial charge >= 0.3 is 0 Å². The summed E-state index contributed by atoms with van der Waals surface area (Å²) < 4.78 is 28.0. The molecule has 3 rings (SSSR count). The van der Waals surface area contributed by atoms with Gasteiger partial charge in [0.25, 0.3) is 10.0 Å². The summed E-state index contributed by atoms with van der Waals surface area (Å²) in [6.45, 7) is 1.86. The largest absolute Gasteiger partial charge is 0.333 e. The third kappa shape index (κ3) is 4.15. The molecule has 0 aliphatic carbocycles. The van der Waals surface area contributed by atoms with E-state index in [1.54, 1.807) is 36.4 Å². The zero-order chi connectivity index (χ0) is 18.0. The highest BCUT2D eigenvalue weighted by molar-refractivity contribution is 8.15. The van der Waals surface area contributed by atoms with Crippen molar-refractivity contribution in [2.45, 2.75) is 11.8 Å². The number of sulfonamides is 1. The number of amides is 1. The summed E-state index contributed by atoms with van der Waals surface area (Å²) in [4.78, 5) is 12.2. The summed E-state index contributed by atoms with van der Waals surface area (Å²) in [6.07, 6.45) is 0. The van der Waals surface area contributed by atoms with E-state index in [1.165, 1.54) is 6.07 Å². The first-order valence-electron chi connectivity index (χ1n) is 7.25. The molecule has 1 heterocycles. The number of fused-ring (bicyclic) bond motifs is 1. The molecule has 0 unspecified atom stereocenters. The zero-order valence-electron chi connectivity index (χ0n) is 13.1. The molecule has 0 fully saturated rings. The summed E-state index contributed by atoms with van der Waals surface area (Å²) in [7, 11) is -3.75. The Morgan fingerprint density at radius 2 is 2.04 bits per heavy atom. The number of hydrogen-bond acceptors (Lipinski definition) is 5. The lowest BCUT2D eigenvalue weighted by Crippen LogP contribution is -2.22. The van der Waals surface area contributed by atoms with Crippen molar-refractivity contribution in [3.8, 4) is 0 Å². The molecule has 1 aliphatic heterocycles. The Morgan fingerprint density at radius 3 is 2.84 bits per heavy atom. The zero-order valence-corrected chi connectivity index (χ0v) is 15.5. The number of nitrogens with one attached hydrogen (secondary N) is 2. The van der Waals surface area contributed by atoms with Crippen molar-refractivity contribution in [2.24, 2.45) is 4.40 Å². The van der Waals surface area contributed by atoms with E-state index in [-0.39, 0.29) is 21.7 Å². The van der Waals surface area contributed by atoms with E-state index >= 15 is 0 Å². The fourth-order valence-corrected chi connectivity index (χ4v) is 4.41. The van der Waals surface area contributed by atoms with Crippen molar-refractivity contribution in [3.63, 3.8) is 0 Å². The van der Waals surface area contributed by atoms with Gasteiger partial charge in [-0.1, -0.05) is 41.6 Å². The lowest BCUT2D eigenvalue weighted by Gasteiger charge is -2.17. The molecule has 0 radical (unpaired) electrons. The van der Waals surface area contributed by atoms with Crippen LogP contribution < -0.4 is 10.6 Å². The number of hydrogen-bond donors (Lipinski definition) is 2. The number of thioether (sulfide) groups is 1. The number of benzene rings is 2. The molecule has 9 heteroatoms. The Balaban J connectivity index is 1.67. The second kappa shape index (κ2) is 7.07. The van der Waals surface area contributed by atoms with Crippen LogP contribution in [-0.2, 0) is 14.8 Å². The molecule has 0 spiro atoms. The predicted molar refractivity (Wildman–Crippen MR) is 102 cm³/mol. The summed E-state index contributed by atoms with van der Waals surface area (Å²) in [6, 6.07) is 11.7. The third-order valence-corrected chi connectivity index (χ3v) is 5.98. The Labute approximate surface area is 154 Å². The Morgan fingerprint density at radius 1 is 1.28 bits per heavy atom. The topological polar surface area (TPSA) is 87.6 Å². The van der Waals surface area contributed by atoms with Gasteiger partial charge in [-0.15, -0.1) is 4.40 Å². The highest BCUT2D eigenvalue weighted by Crippen LogP contribution is 2.29. The second-order valence-corrected chi connectivity index (χ2v) is 8.26. The van der Waals surface area contributed by atoms with E-state index in [2.05, 4.69) is 15.0 Å². The molecule has 2 aromatic carbocycles. The Bertz CT molecular complexity index is 974. The lowest BCUT2D eigenvalue weighted by molar-refractivity contribution is -0.113. The van der Waals surface area contributed by atoms with E-state index in [0.717, 1.165) is 17.3 Å². The molecule has 2 aromatic rings. The third-order valence-electron chi connectivity index (χ3n) is 3.42. The van der Waals surface area contributed by atoms with Crippen LogP contribution in [0.2, 0.25) is 5.02 Å². The predicted octanol–water partition coefficient (Wildman–Crippen LogP) is 3.49. The standard InChI is InChI=1S/C16H14ClN3O3S2/c1-10-6-7-11(17)8-13(10)18-15(21)9-24-16-19-12-4-2-3-5-14(12)25(22,23)20-16/h2-8H,9H2,1H3,(H,18,21)(H,19,20). The van der Waals surface area contributed by atoms with Crippen molar-refractivity contribution in [3.05, 3.63) is 53.1 Å². The van der Waals surface area contributed by atoms with Crippen LogP contribution in [-0.4, -0.2) is 25.2 Å². The minimum absolute atomic E-state index is 0.00940. The van der Waals surface area contributed by atoms with Crippen LogP contribution >= 0.6 is 23.4 Å². The average molecular weight is 396 g/mol. The monoisotopic (exact) mass is 395 g/mol. The Hall–Kier alpha value is -2.03. The molecular weight excluding hydrogens is 382 g/mol. The molecule has 2 N–H and O–H groups in total. The van der Waals surface area contributed by atoms with E-state index < -0.39 is 10.0 Å². The molecule has 0 saturated heterocycles. The van der Waals surface area contributed by atoms with Gasteiger partial charge in [0, 0.05) is 10.7 Å². The first-order valence-corrected chi connectivity index (χ1v) is 10.1. The van der Waals surface area contributed by atoms with E-state index in [4.69, 9.17) is 11.6 Å². The molecule has 6 nitrogen and oxygen atoms in total. The van der Waals surface area contributed by atoms with Crippen LogP contribution in [0.3, 0.4) is 0 Å². The maximum atomic E-state index is 12.1. The number of carbonyl (C=O) groups is 1. The van der Waals surface area contributed by atoms with Crippen LogP contribution in [0, 0.1) is 6.92 Å². The van der Waals surface area contributed by atoms with Gasteiger partial charge in [0.15, 0.2) is 5.17 Å². The summed E-state index contributed by atoms with van der Waals surface area (Å²) in [5.41, 5.74) is 1.95. The summed E-state index contributed by atoms with van der Waals surface area (Å²) >= 11 is 6.94. The van der Waals surface area contributed by atoms with Gasteiger partial charge < -0.3 is 10.6 Å². The highest BCUT2D eigenvalue weighted by atomic mass is 35.5. The lowest BCUT2D eigenvalue weighted by atomic mass is 10.2. The van der Waals surface area contributed by atoms with Crippen LogP contribution in [0.25, 0.3) is 0 Å². The van der Waals surface area contributed by atoms with Crippen molar-refractivity contribution >= 4 is 55.8 Å².